The van der Waals surface area contributed by atoms with Crippen molar-refractivity contribution in [2.75, 3.05) is 32.8 Å². The molecule has 0 spiro atoms. The molecule has 0 radical (unpaired) electrons. The van der Waals surface area contributed by atoms with Gasteiger partial charge in [0.2, 0.25) is 0 Å². The zero-order valence-electron chi connectivity index (χ0n) is 15.1. The monoisotopic (exact) mass is 348 g/mol. The van der Waals surface area contributed by atoms with Gasteiger partial charge in [0.05, 0.1) is 6.54 Å². The molecular weight excluding hydrogens is 320 g/mol. The number of piperidine rings is 1. The Balaban J connectivity index is 1.77. The van der Waals surface area contributed by atoms with Crippen molar-refractivity contribution in [3.8, 4) is 5.75 Å². The fourth-order valence-corrected chi connectivity index (χ4v) is 3.21. The number of ether oxygens (including phenoxy) is 1. The first-order valence-corrected chi connectivity index (χ1v) is 8.98. The van der Waals surface area contributed by atoms with Gasteiger partial charge in [0.25, 0.3) is 5.91 Å². The molecule has 0 atom stereocenters. The van der Waals surface area contributed by atoms with E-state index in [9.17, 15) is 9.59 Å². The molecule has 2 rings (SSSR count). The molecule has 1 fully saturated rings. The lowest BCUT2D eigenvalue weighted by Gasteiger charge is -2.37. The second-order valence-electron chi connectivity index (χ2n) is 6.35. The van der Waals surface area contributed by atoms with Crippen LogP contribution in [-0.2, 0) is 16.0 Å². The maximum absolute atomic E-state index is 12.3. The number of likely N-dealkylation sites (N-methyl/N-ethyl adjacent to an activating group) is 1. The van der Waals surface area contributed by atoms with Gasteiger partial charge in [-0.25, -0.2) is 0 Å². The van der Waals surface area contributed by atoms with Gasteiger partial charge in [-0.15, -0.1) is 0 Å². The molecule has 6 nitrogen and oxygen atoms in total. The number of carboxylic acids is 1. The minimum Gasteiger partial charge on any atom is -0.484 e. The maximum atomic E-state index is 12.3. The van der Waals surface area contributed by atoms with Crippen molar-refractivity contribution >= 4 is 11.9 Å². The van der Waals surface area contributed by atoms with Gasteiger partial charge >= 0.3 is 5.97 Å². The summed E-state index contributed by atoms with van der Waals surface area (Å²) in [6.45, 7) is 6.18. The molecule has 6 heteroatoms. The van der Waals surface area contributed by atoms with Gasteiger partial charge in [-0.1, -0.05) is 26.0 Å². The van der Waals surface area contributed by atoms with Crippen molar-refractivity contribution in [1.82, 2.24) is 9.80 Å². The second kappa shape index (κ2) is 9.42. The lowest BCUT2D eigenvalue weighted by Crippen LogP contribution is -2.49. The van der Waals surface area contributed by atoms with E-state index in [2.05, 4.69) is 6.92 Å². The molecule has 0 aromatic heterocycles. The van der Waals surface area contributed by atoms with Gasteiger partial charge < -0.3 is 14.7 Å². The molecule has 0 saturated carbocycles. The minimum atomic E-state index is -0.803. The molecule has 1 aliphatic rings. The Labute approximate surface area is 149 Å². The summed E-state index contributed by atoms with van der Waals surface area (Å²) in [7, 11) is 0. The first-order chi connectivity index (χ1) is 12.0. The summed E-state index contributed by atoms with van der Waals surface area (Å²) in [6, 6.07) is 8.03. The van der Waals surface area contributed by atoms with E-state index >= 15 is 0 Å². The van der Waals surface area contributed by atoms with Gasteiger partial charge in [-0.2, -0.15) is 0 Å². The third kappa shape index (κ3) is 5.74. The Bertz CT molecular complexity index is 565. The van der Waals surface area contributed by atoms with E-state index in [0.717, 1.165) is 19.3 Å². The van der Waals surface area contributed by atoms with Crippen molar-refractivity contribution < 1.29 is 19.4 Å². The predicted octanol–water partition coefficient (Wildman–Crippen LogP) is 2.03. The molecule has 1 aromatic carbocycles. The normalized spacial score (nSPS) is 15.4. The smallest absolute Gasteiger partial charge is 0.317 e. The zero-order chi connectivity index (χ0) is 18.2. The van der Waals surface area contributed by atoms with Crippen LogP contribution in [0.3, 0.4) is 0 Å². The van der Waals surface area contributed by atoms with Crippen LogP contribution < -0.4 is 4.74 Å². The SMILES string of the molecule is CCc1ccc(OCC(=O)N2CCC(N(CC)CC(=O)O)CC2)cc1. The number of likely N-dealkylation sites (tertiary alicyclic amines) is 1. The molecule has 1 N–H and O–H groups in total. The molecule has 0 aliphatic carbocycles. The minimum absolute atomic E-state index is 0.0145. The van der Waals surface area contributed by atoms with Crippen LogP contribution in [0.5, 0.6) is 5.75 Å². The summed E-state index contributed by atoms with van der Waals surface area (Å²) in [5.74, 6) is -0.110. The Morgan fingerprint density at radius 2 is 1.84 bits per heavy atom. The summed E-state index contributed by atoms with van der Waals surface area (Å²) in [5.41, 5.74) is 1.24. The summed E-state index contributed by atoms with van der Waals surface area (Å²) in [6.07, 6.45) is 2.58. The molecule has 1 saturated heterocycles. The molecule has 138 valence electrons. The number of nitrogens with zero attached hydrogens (tertiary/aromatic N) is 2. The molecule has 1 amide bonds. The van der Waals surface area contributed by atoms with Crippen molar-refractivity contribution in [2.45, 2.75) is 39.2 Å². The van der Waals surface area contributed by atoms with Crippen LogP contribution in [0.25, 0.3) is 0 Å². The van der Waals surface area contributed by atoms with E-state index in [1.807, 2.05) is 41.0 Å². The fourth-order valence-electron chi connectivity index (χ4n) is 3.21. The first-order valence-electron chi connectivity index (χ1n) is 8.98. The topological polar surface area (TPSA) is 70.1 Å². The second-order valence-corrected chi connectivity index (χ2v) is 6.35. The van der Waals surface area contributed by atoms with Crippen LogP contribution in [0.4, 0.5) is 0 Å². The molecule has 1 aromatic rings. The number of carboxylic acid groups (broad SMARTS) is 1. The van der Waals surface area contributed by atoms with Gasteiger partial charge in [0.1, 0.15) is 5.75 Å². The van der Waals surface area contributed by atoms with Crippen LogP contribution >= 0.6 is 0 Å². The number of aryl methyl sites for hydroxylation is 1. The summed E-state index contributed by atoms with van der Waals surface area (Å²) >= 11 is 0. The third-order valence-electron chi connectivity index (χ3n) is 4.77. The predicted molar refractivity (Wildman–Crippen MR) is 95.8 cm³/mol. The van der Waals surface area contributed by atoms with Gasteiger partial charge in [0, 0.05) is 19.1 Å². The number of hydrogen-bond donors (Lipinski definition) is 1. The number of aliphatic carboxylic acids is 1. The summed E-state index contributed by atoms with van der Waals surface area (Å²) < 4.78 is 5.59. The number of carbonyl (C=O) groups excluding carboxylic acids is 1. The van der Waals surface area contributed by atoms with E-state index < -0.39 is 5.97 Å². The maximum Gasteiger partial charge on any atom is 0.317 e. The number of benzene rings is 1. The zero-order valence-corrected chi connectivity index (χ0v) is 15.1. The van der Waals surface area contributed by atoms with Gasteiger partial charge in [0.15, 0.2) is 6.61 Å². The lowest BCUT2D eigenvalue weighted by atomic mass is 10.0. The number of rotatable bonds is 8. The molecule has 1 aliphatic heterocycles. The number of carbonyl (C=O) groups is 2. The average Bonchev–Trinajstić information content (AvgIpc) is 2.64. The number of hydrogen-bond acceptors (Lipinski definition) is 4. The Morgan fingerprint density at radius 1 is 1.20 bits per heavy atom. The third-order valence-corrected chi connectivity index (χ3v) is 4.77. The highest BCUT2D eigenvalue weighted by atomic mass is 16.5. The van der Waals surface area contributed by atoms with Crippen LogP contribution in [-0.4, -0.2) is 65.6 Å². The highest BCUT2D eigenvalue weighted by Gasteiger charge is 2.27. The molecule has 0 unspecified atom stereocenters. The highest BCUT2D eigenvalue weighted by molar-refractivity contribution is 5.77. The number of amides is 1. The summed E-state index contributed by atoms with van der Waals surface area (Å²) in [5, 5.41) is 8.97. The van der Waals surface area contributed by atoms with E-state index in [4.69, 9.17) is 9.84 Å². The first kappa shape index (κ1) is 19.2. The Morgan fingerprint density at radius 3 is 2.36 bits per heavy atom. The van der Waals surface area contributed by atoms with Gasteiger partial charge in [-0.3, -0.25) is 14.5 Å². The van der Waals surface area contributed by atoms with Crippen LogP contribution in [0.1, 0.15) is 32.3 Å². The fraction of sp³-hybridized carbons (Fsp3) is 0.579. The lowest BCUT2D eigenvalue weighted by molar-refractivity contribution is -0.140. The average molecular weight is 348 g/mol. The van der Waals surface area contributed by atoms with E-state index in [1.54, 1.807) is 0 Å². The van der Waals surface area contributed by atoms with E-state index in [1.165, 1.54) is 5.56 Å². The largest absolute Gasteiger partial charge is 0.484 e. The van der Waals surface area contributed by atoms with E-state index in [0.29, 0.717) is 25.4 Å². The quantitative estimate of drug-likeness (QED) is 0.778. The van der Waals surface area contributed by atoms with Crippen molar-refractivity contribution in [1.29, 1.82) is 0 Å². The molecule has 1 heterocycles. The standard InChI is InChI=1S/C19H28N2O4/c1-3-15-5-7-17(8-6-15)25-14-18(22)21-11-9-16(10-12-21)20(4-2)13-19(23)24/h5-8,16H,3-4,9-14H2,1-2H3,(H,23,24). The van der Waals surface area contributed by atoms with Crippen molar-refractivity contribution in [2.24, 2.45) is 0 Å². The van der Waals surface area contributed by atoms with Crippen LogP contribution in [0, 0.1) is 0 Å². The van der Waals surface area contributed by atoms with Crippen molar-refractivity contribution in [3.05, 3.63) is 29.8 Å². The van der Waals surface area contributed by atoms with Gasteiger partial charge in [-0.05, 0) is 43.5 Å². The van der Waals surface area contributed by atoms with Crippen molar-refractivity contribution in [3.63, 3.8) is 0 Å². The van der Waals surface area contributed by atoms with Crippen LogP contribution in [0.15, 0.2) is 24.3 Å². The van der Waals surface area contributed by atoms with E-state index in [-0.39, 0.29) is 25.1 Å². The molecular formula is C19H28N2O4. The highest BCUT2D eigenvalue weighted by Crippen LogP contribution is 2.17. The molecule has 25 heavy (non-hydrogen) atoms. The molecule has 0 bridgehead atoms. The Hall–Kier alpha value is -2.08. The summed E-state index contributed by atoms with van der Waals surface area (Å²) in [4.78, 5) is 27.0. The van der Waals surface area contributed by atoms with Crippen LogP contribution in [0.2, 0.25) is 0 Å². The Kier molecular flexibility index (Phi) is 7.25.